The minimum Gasteiger partial charge on any atom is -0.248 e. The summed E-state index contributed by atoms with van der Waals surface area (Å²) < 4.78 is 1.84. The van der Waals surface area contributed by atoms with E-state index in [0.29, 0.717) is 5.88 Å². The van der Waals surface area contributed by atoms with Gasteiger partial charge in [-0.1, -0.05) is 22.9 Å². The van der Waals surface area contributed by atoms with Gasteiger partial charge in [-0.05, 0) is 37.5 Å². The molecule has 1 aromatic heterocycles. The molecule has 0 bridgehead atoms. The Labute approximate surface area is 106 Å². The van der Waals surface area contributed by atoms with E-state index in [4.69, 9.17) is 11.6 Å². The molecule has 0 unspecified atom stereocenters. The van der Waals surface area contributed by atoms with Crippen molar-refractivity contribution in [2.24, 2.45) is 0 Å². The summed E-state index contributed by atoms with van der Waals surface area (Å²) in [5.74, 6) is 0.409. The molecular formula is C13H16ClN3. The van der Waals surface area contributed by atoms with Gasteiger partial charge in [0.1, 0.15) is 0 Å². The van der Waals surface area contributed by atoms with Crippen molar-refractivity contribution < 1.29 is 0 Å². The number of halogens is 1. The average Bonchev–Trinajstić information content (AvgIpc) is 2.71. The molecule has 0 aliphatic carbocycles. The molecule has 3 nitrogen and oxygen atoms in total. The van der Waals surface area contributed by atoms with Crippen molar-refractivity contribution in [1.82, 2.24) is 15.0 Å². The molecule has 0 saturated carbocycles. The van der Waals surface area contributed by atoms with Crippen molar-refractivity contribution in [3.8, 4) is 0 Å². The normalized spacial score (nSPS) is 10.8. The van der Waals surface area contributed by atoms with E-state index in [1.807, 2.05) is 10.9 Å². The Kier molecular flexibility index (Phi) is 3.48. The summed E-state index contributed by atoms with van der Waals surface area (Å²) >= 11 is 5.71. The van der Waals surface area contributed by atoms with Crippen molar-refractivity contribution >= 4 is 11.6 Å². The minimum absolute atomic E-state index is 0.409. The lowest BCUT2D eigenvalue weighted by atomic mass is 10.00. The molecule has 1 aromatic carbocycles. The molecule has 0 radical (unpaired) electrons. The smallest absolute Gasteiger partial charge is 0.0974 e. The van der Waals surface area contributed by atoms with Gasteiger partial charge in [-0.25, -0.2) is 4.68 Å². The molecule has 2 rings (SSSR count). The van der Waals surface area contributed by atoms with Crippen LogP contribution in [0.1, 0.15) is 27.9 Å². The van der Waals surface area contributed by atoms with Gasteiger partial charge in [0, 0.05) is 0 Å². The van der Waals surface area contributed by atoms with E-state index in [9.17, 15) is 0 Å². The summed E-state index contributed by atoms with van der Waals surface area (Å²) in [4.78, 5) is 0. The van der Waals surface area contributed by atoms with Crippen LogP contribution in [0.5, 0.6) is 0 Å². The number of hydrogen-bond donors (Lipinski definition) is 0. The van der Waals surface area contributed by atoms with Gasteiger partial charge in [0.15, 0.2) is 0 Å². The van der Waals surface area contributed by atoms with Gasteiger partial charge in [0.05, 0.1) is 24.3 Å². The summed E-state index contributed by atoms with van der Waals surface area (Å²) in [5, 5.41) is 8.06. The molecule has 0 aliphatic heterocycles. The Bertz CT molecular complexity index is 508. The molecule has 0 amide bonds. The molecule has 4 heteroatoms. The predicted octanol–water partition coefficient (Wildman–Crippen LogP) is 2.99. The SMILES string of the molecule is Cc1cc(C)c(Cn2cc(CCl)nn2)c(C)c1. The van der Waals surface area contributed by atoms with Crippen LogP contribution in [0.4, 0.5) is 0 Å². The standard InChI is InChI=1S/C13H16ClN3/c1-9-4-10(2)13(11(3)5-9)8-17-7-12(6-14)15-16-17/h4-5,7H,6,8H2,1-3H3. The summed E-state index contributed by atoms with van der Waals surface area (Å²) in [5.41, 5.74) is 6.01. The molecule has 0 fully saturated rings. The first-order valence-corrected chi connectivity index (χ1v) is 6.15. The molecule has 0 spiro atoms. The summed E-state index contributed by atoms with van der Waals surface area (Å²) in [6.45, 7) is 7.14. The second-order valence-corrected chi connectivity index (χ2v) is 4.69. The fourth-order valence-electron chi connectivity index (χ4n) is 2.10. The van der Waals surface area contributed by atoms with E-state index >= 15 is 0 Å². The highest BCUT2D eigenvalue weighted by atomic mass is 35.5. The molecular weight excluding hydrogens is 234 g/mol. The molecule has 17 heavy (non-hydrogen) atoms. The molecule has 0 saturated heterocycles. The molecule has 2 aromatic rings. The molecule has 90 valence electrons. The van der Waals surface area contributed by atoms with Crippen LogP contribution in [0.2, 0.25) is 0 Å². The topological polar surface area (TPSA) is 30.7 Å². The second-order valence-electron chi connectivity index (χ2n) is 4.42. The minimum atomic E-state index is 0.409. The van der Waals surface area contributed by atoms with Crippen LogP contribution in [0.25, 0.3) is 0 Å². The summed E-state index contributed by atoms with van der Waals surface area (Å²) in [7, 11) is 0. The number of benzene rings is 1. The molecule has 0 aliphatic rings. The zero-order valence-corrected chi connectivity index (χ0v) is 11.1. The van der Waals surface area contributed by atoms with Gasteiger partial charge in [0.2, 0.25) is 0 Å². The van der Waals surface area contributed by atoms with Crippen LogP contribution in [0, 0.1) is 20.8 Å². The lowest BCUT2D eigenvalue weighted by Gasteiger charge is -2.10. The monoisotopic (exact) mass is 249 g/mol. The van der Waals surface area contributed by atoms with Gasteiger partial charge in [0.25, 0.3) is 0 Å². The van der Waals surface area contributed by atoms with Crippen LogP contribution in [-0.2, 0) is 12.4 Å². The maximum atomic E-state index is 5.71. The van der Waals surface area contributed by atoms with E-state index in [2.05, 4.69) is 43.2 Å². The van der Waals surface area contributed by atoms with Gasteiger partial charge in [-0.15, -0.1) is 16.7 Å². The van der Waals surface area contributed by atoms with Gasteiger partial charge in [-0.2, -0.15) is 0 Å². The fraction of sp³-hybridized carbons (Fsp3) is 0.385. The Morgan fingerprint density at radius 2 is 1.82 bits per heavy atom. The quantitative estimate of drug-likeness (QED) is 0.783. The summed E-state index contributed by atoms with van der Waals surface area (Å²) in [6, 6.07) is 4.39. The third-order valence-corrected chi connectivity index (χ3v) is 3.16. The van der Waals surface area contributed by atoms with Crippen LogP contribution >= 0.6 is 11.6 Å². The lowest BCUT2D eigenvalue weighted by molar-refractivity contribution is 0.645. The first kappa shape index (κ1) is 12.1. The van der Waals surface area contributed by atoms with Crippen molar-refractivity contribution in [2.75, 3.05) is 0 Å². The highest BCUT2D eigenvalue weighted by Gasteiger charge is 2.06. The van der Waals surface area contributed by atoms with Crippen LogP contribution in [0.15, 0.2) is 18.3 Å². The highest BCUT2D eigenvalue weighted by molar-refractivity contribution is 6.16. The number of hydrogen-bond acceptors (Lipinski definition) is 2. The highest BCUT2D eigenvalue weighted by Crippen LogP contribution is 2.17. The first-order chi connectivity index (χ1) is 8.10. The van der Waals surface area contributed by atoms with Crippen LogP contribution in [0.3, 0.4) is 0 Å². The number of aryl methyl sites for hydroxylation is 3. The first-order valence-electron chi connectivity index (χ1n) is 5.62. The van der Waals surface area contributed by atoms with Crippen molar-refractivity contribution in [1.29, 1.82) is 0 Å². The maximum Gasteiger partial charge on any atom is 0.0974 e. The van der Waals surface area contributed by atoms with Crippen molar-refractivity contribution in [3.63, 3.8) is 0 Å². The average molecular weight is 250 g/mol. The molecule has 1 heterocycles. The lowest BCUT2D eigenvalue weighted by Crippen LogP contribution is -2.04. The summed E-state index contributed by atoms with van der Waals surface area (Å²) in [6.07, 6.45) is 1.89. The van der Waals surface area contributed by atoms with E-state index in [1.54, 1.807) is 0 Å². The third kappa shape index (κ3) is 2.67. The van der Waals surface area contributed by atoms with E-state index in [1.165, 1.54) is 22.3 Å². The number of alkyl halides is 1. The van der Waals surface area contributed by atoms with E-state index < -0.39 is 0 Å². The van der Waals surface area contributed by atoms with Crippen molar-refractivity contribution in [2.45, 2.75) is 33.2 Å². The largest absolute Gasteiger partial charge is 0.248 e. The van der Waals surface area contributed by atoms with Gasteiger partial charge >= 0.3 is 0 Å². The van der Waals surface area contributed by atoms with Crippen molar-refractivity contribution in [3.05, 3.63) is 46.3 Å². The zero-order valence-electron chi connectivity index (χ0n) is 10.4. The fourth-order valence-corrected chi connectivity index (χ4v) is 2.22. The maximum absolute atomic E-state index is 5.71. The van der Waals surface area contributed by atoms with E-state index in [-0.39, 0.29) is 0 Å². The van der Waals surface area contributed by atoms with Gasteiger partial charge in [-0.3, -0.25) is 0 Å². The van der Waals surface area contributed by atoms with Crippen LogP contribution in [-0.4, -0.2) is 15.0 Å². The third-order valence-electron chi connectivity index (χ3n) is 2.88. The zero-order chi connectivity index (χ0) is 12.4. The Morgan fingerprint density at radius 3 is 2.35 bits per heavy atom. The second kappa shape index (κ2) is 4.88. The number of aromatic nitrogens is 3. The number of rotatable bonds is 3. The predicted molar refractivity (Wildman–Crippen MR) is 69.3 cm³/mol. The van der Waals surface area contributed by atoms with E-state index in [0.717, 1.165) is 12.2 Å². The van der Waals surface area contributed by atoms with Gasteiger partial charge < -0.3 is 0 Å². The molecule has 0 N–H and O–H groups in total. The van der Waals surface area contributed by atoms with Crippen LogP contribution < -0.4 is 0 Å². The Morgan fingerprint density at radius 1 is 1.18 bits per heavy atom. The Hall–Kier alpha value is -1.35. The number of nitrogens with zero attached hydrogens (tertiary/aromatic N) is 3. The Balaban J connectivity index is 2.29. The molecule has 0 atom stereocenters.